The molecule has 0 saturated carbocycles. The Balaban J connectivity index is 1.74. The molecule has 160 valence electrons. The van der Waals surface area contributed by atoms with E-state index < -0.39 is 0 Å². The molecule has 4 aromatic heterocycles. The third kappa shape index (κ3) is 3.51. The van der Waals surface area contributed by atoms with Crippen LogP contribution in [0.5, 0.6) is 0 Å². The van der Waals surface area contributed by atoms with E-state index in [-0.39, 0.29) is 6.23 Å². The predicted molar refractivity (Wildman–Crippen MR) is 119 cm³/mol. The van der Waals surface area contributed by atoms with Crippen molar-refractivity contribution in [1.82, 2.24) is 29.9 Å². The van der Waals surface area contributed by atoms with Crippen LogP contribution in [0.25, 0.3) is 33.7 Å². The molecule has 0 bridgehead atoms. The molecule has 0 aromatic carbocycles. The van der Waals surface area contributed by atoms with E-state index in [0.717, 1.165) is 81.7 Å². The van der Waals surface area contributed by atoms with Gasteiger partial charge in [0.05, 0.1) is 22.6 Å². The number of nitrogens with zero attached hydrogens (tertiary/aromatic N) is 6. The van der Waals surface area contributed by atoms with E-state index in [4.69, 9.17) is 24.3 Å². The summed E-state index contributed by atoms with van der Waals surface area (Å²) >= 11 is 1.52. The molecule has 1 saturated heterocycles. The molecule has 8 nitrogen and oxygen atoms in total. The smallest absolute Gasteiger partial charge is 0.187 e. The maximum atomic E-state index is 6.07. The number of hydrogen-bond donors (Lipinski definition) is 0. The highest BCUT2D eigenvalue weighted by molar-refractivity contribution is 7.98. The Kier molecular flexibility index (Phi) is 5.23. The summed E-state index contributed by atoms with van der Waals surface area (Å²) in [5.41, 5.74) is 5.94. The molecule has 0 aliphatic carbocycles. The van der Waals surface area contributed by atoms with Gasteiger partial charge in [-0.05, 0) is 64.0 Å². The van der Waals surface area contributed by atoms with E-state index in [2.05, 4.69) is 16.2 Å². The van der Waals surface area contributed by atoms with Gasteiger partial charge in [-0.25, -0.2) is 19.6 Å². The van der Waals surface area contributed by atoms with Gasteiger partial charge < -0.3 is 9.26 Å². The molecule has 4 aromatic rings. The van der Waals surface area contributed by atoms with Crippen LogP contribution in [0.4, 0.5) is 0 Å². The summed E-state index contributed by atoms with van der Waals surface area (Å²) in [6.45, 7) is 6.57. The average molecular weight is 437 g/mol. The summed E-state index contributed by atoms with van der Waals surface area (Å²) in [4.78, 5) is 14.1. The van der Waals surface area contributed by atoms with E-state index in [9.17, 15) is 0 Å². The molecule has 0 N–H and O–H groups in total. The van der Waals surface area contributed by atoms with Crippen molar-refractivity contribution in [1.29, 1.82) is 0 Å². The van der Waals surface area contributed by atoms with E-state index in [1.807, 2.05) is 44.0 Å². The molecule has 9 heteroatoms. The molecule has 1 atom stereocenters. The third-order valence-corrected chi connectivity index (χ3v) is 6.19. The third-order valence-electron chi connectivity index (χ3n) is 5.63. The van der Waals surface area contributed by atoms with Gasteiger partial charge in [-0.2, -0.15) is 5.10 Å². The fourth-order valence-corrected chi connectivity index (χ4v) is 4.40. The summed E-state index contributed by atoms with van der Waals surface area (Å²) in [5.74, 6) is 0.751. The average Bonchev–Trinajstić information content (AvgIpc) is 3.34. The van der Waals surface area contributed by atoms with Crippen molar-refractivity contribution in [2.24, 2.45) is 0 Å². The lowest BCUT2D eigenvalue weighted by Gasteiger charge is -2.23. The van der Waals surface area contributed by atoms with Crippen LogP contribution in [0, 0.1) is 20.8 Å². The lowest BCUT2D eigenvalue weighted by molar-refractivity contribution is -0.0368. The highest BCUT2D eigenvalue weighted by Crippen LogP contribution is 2.35. The Morgan fingerprint density at radius 3 is 2.68 bits per heavy atom. The largest absolute Gasteiger partial charge is 0.361 e. The number of pyridine rings is 1. The van der Waals surface area contributed by atoms with Crippen LogP contribution in [0.3, 0.4) is 0 Å². The minimum atomic E-state index is -0.139. The van der Waals surface area contributed by atoms with Crippen molar-refractivity contribution < 1.29 is 9.26 Å². The summed E-state index contributed by atoms with van der Waals surface area (Å²) in [7, 11) is 0. The van der Waals surface area contributed by atoms with Gasteiger partial charge in [-0.1, -0.05) is 16.9 Å². The van der Waals surface area contributed by atoms with Crippen molar-refractivity contribution in [3.05, 3.63) is 35.3 Å². The number of ether oxygens (including phenoxy) is 1. The fraction of sp³-hybridized carbons (Fsp3) is 0.409. The van der Waals surface area contributed by atoms with Gasteiger partial charge in [0.2, 0.25) is 0 Å². The number of rotatable bonds is 4. The first-order valence-electron chi connectivity index (χ1n) is 10.4. The maximum Gasteiger partial charge on any atom is 0.187 e. The van der Waals surface area contributed by atoms with Gasteiger partial charge >= 0.3 is 0 Å². The Hall–Kier alpha value is -2.78. The first-order valence-corrected chi connectivity index (χ1v) is 11.6. The van der Waals surface area contributed by atoms with E-state index in [1.165, 1.54) is 11.8 Å². The molecule has 1 aliphatic rings. The molecule has 0 amide bonds. The van der Waals surface area contributed by atoms with E-state index in [1.54, 1.807) is 0 Å². The normalized spacial score (nSPS) is 16.8. The van der Waals surface area contributed by atoms with Crippen molar-refractivity contribution >= 4 is 22.8 Å². The molecule has 0 spiro atoms. The van der Waals surface area contributed by atoms with Crippen LogP contribution in [-0.2, 0) is 4.74 Å². The van der Waals surface area contributed by atoms with Gasteiger partial charge in [0.25, 0.3) is 0 Å². The molecule has 1 unspecified atom stereocenters. The zero-order valence-electron chi connectivity index (χ0n) is 18.0. The van der Waals surface area contributed by atoms with Crippen LogP contribution in [0.2, 0.25) is 0 Å². The number of fused-ring (bicyclic) bond motifs is 1. The van der Waals surface area contributed by atoms with Gasteiger partial charge in [0.15, 0.2) is 17.0 Å². The van der Waals surface area contributed by atoms with Crippen molar-refractivity contribution in [3.63, 3.8) is 0 Å². The molecule has 0 radical (unpaired) electrons. The molecule has 5 rings (SSSR count). The topological polar surface area (TPSA) is 91.8 Å². The van der Waals surface area contributed by atoms with Crippen molar-refractivity contribution in [3.8, 4) is 22.6 Å². The second kappa shape index (κ2) is 8.05. The second-order valence-corrected chi connectivity index (χ2v) is 8.54. The monoisotopic (exact) mass is 436 g/mol. The predicted octanol–water partition coefficient (Wildman–Crippen LogP) is 4.89. The molecule has 1 aliphatic heterocycles. The lowest BCUT2D eigenvalue weighted by atomic mass is 10.1. The first-order chi connectivity index (χ1) is 15.1. The van der Waals surface area contributed by atoms with Crippen LogP contribution < -0.4 is 0 Å². The quantitative estimate of drug-likeness (QED) is 0.330. The minimum Gasteiger partial charge on any atom is -0.361 e. The highest BCUT2D eigenvalue weighted by atomic mass is 32.2. The maximum absolute atomic E-state index is 6.07. The molecule has 1 fully saturated rings. The summed E-state index contributed by atoms with van der Waals surface area (Å²) < 4.78 is 13.4. The van der Waals surface area contributed by atoms with Crippen LogP contribution >= 0.6 is 11.8 Å². The summed E-state index contributed by atoms with van der Waals surface area (Å²) in [6, 6.07) is 4.06. The van der Waals surface area contributed by atoms with Gasteiger partial charge in [-0.15, -0.1) is 0 Å². The van der Waals surface area contributed by atoms with Gasteiger partial charge in [-0.3, -0.25) is 0 Å². The SMILES string of the molecule is CSc1ncc(C)c(-c2nn(C3CCCCO3)c3nc(-c4c(C)noc4C)ccc23)n1. The Labute approximate surface area is 184 Å². The minimum absolute atomic E-state index is 0.139. The van der Waals surface area contributed by atoms with Gasteiger partial charge in [0, 0.05) is 18.2 Å². The Morgan fingerprint density at radius 2 is 1.97 bits per heavy atom. The number of aromatic nitrogens is 6. The molecule has 31 heavy (non-hydrogen) atoms. The van der Waals surface area contributed by atoms with Crippen molar-refractivity contribution in [2.75, 3.05) is 12.9 Å². The zero-order chi connectivity index (χ0) is 21.5. The lowest BCUT2D eigenvalue weighted by Crippen LogP contribution is -2.19. The second-order valence-electron chi connectivity index (χ2n) is 7.77. The van der Waals surface area contributed by atoms with E-state index >= 15 is 0 Å². The van der Waals surface area contributed by atoms with Crippen molar-refractivity contribution in [2.45, 2.75) is 51.4 Å². The fourth-order valence-electron chi connectivity index (χ4n) is 4.06. The summed E-state index contributed by atoms with van der Waals surface area (Å²) in [6.07, 6.45) is 6.77. The molecule has 5 heterocycles. The molecular formula is C22H24N6O2S. The highest BCUT2D eigenvalue weighted by Gasteiger charge is 2.25. The van der Waals surface area contributed by atoms with Crippen LogP contribution in [-0.4, -0.2) is 42.8 Å². The standard InChI is InChI=1S/C22H24N6O2S/c1-12-11-23-22(31-4)25-19(12)20-15-8-9-16(18-13(2)27-30-14(18)3)24-21(15)28(26-20)17-7-5-6-10-29-17/h8-9,11,17H,5-7,10H2,1-4H3. The van der Waals surface area contributed by atoms with Crippen LogP contribution in [0.1, 0.15) is 42.5 Å². The number of thioether (sulfide) groups is 1. The Morgan fingerprint density at radius 1 is 1.10 bits per heavy atom. The van der Waals surface area contributed by atoms with E-state index in [0.29, 0.717) is 0 Å². The first kappa shape index (κ1) is 20.1. The molecular weight excluding hydrogens is 412 g/mol. The number of hydrogen-bond acceptors (Lipinski definition) is 8. The Bertz CT molecular complexity index is 1240. The zero-order valence-corrected chi connectivity index (χ0v) is 18.9. The van der Waals surface area contributed by atoms with Gasteiger partial charge in [0.1, 0.15) is 11.5 Å². The summed E-state index contributed by atoms with van der Waals surface area (Å²) in [5, 5.41) is 10.7. The van der Waals surface area contributed by atoms with Crippen LogP contribution in [0.15, 0.2) is 28.0 Å². The number of aryl methyl sites for hydroxylation is 3.